The number of methoxy groups -OCH3 is 2. The van der Waals surface area contributed by atoms with Gasteiger partial charge in [0.2, 0.25) is 5.78 Å². The van der Waals surface area contributed by atoms with E-state index in [0.29, 0.717) is 50.1 Å². The monoisotopic (exact) mass is 525 g/mol. The van der Waals surface area contributed by atoms with E-state index in [0.717, 1.165) is 10.6 Å². The van der Waals surface area contributed by atoms with E-state index in [4.69, 9.17) is 15.2 Å². The van der Waals surface area contributed by atoms with Gasteiger partial charge in [0.25, 0.3) is 5.91 Å². The largest absolute Gasteiger partial charge is 0.496 e. The molecule has 0 radical (unpaired) electrons. The zero-order valence-corrected chi connectivity index (χ0v) is 22.0. The second-order valence-corrected chi connectivity index (χ2v) is 9.80. The van der Waals surface area contributed by atoms with E-state index in [1.807, 2.05) is 61.5 Å². The maximum atomic E-state index is 13.9. The van der Waals surface area contributed by atoms with Crippen molar-refractivity contribution in [3.05, 3.63) is 112 Å². The number of hydrogen-bond acceptors (Lipinski definition) is 7. The van der Waals surface area contributed by atoms with Gasteiger partial charge in [-0.3, -0.25) is 9.59 Å². The van der Waals surface area contributed by atoms with Gasteiger partial charge < -0.3 is 25.8 Å². The lowest BCUT2D eigenvalue weighted by Gasteiger charge is -2.30. The Bertz CT molecular complexity index is 1560. The number of benzene rings is 3. The molecule has 0 aliphatic carbocycles. The van der Waals surface area contributed by atoms with Crippen molar-refractivity contribution >= 4 is 39.4 Å². The topological polar surface area (TPSA) is 103 Å². The number of allylic oxidation sites excluding steroid dienone is 1. The van der Waals surface area contributed by atoms with Crippen LogP contribution in [-0.2, 0) is 4.79 Å². The van der Waals surface area contributed by atoms with Crippen LogP contribution < -0.4 is 25.8 Å². The van der Waals surface area contributed by atoms with Crippen molar-refractivity contribution in [3.8, 4) is 11.5 Å². The third-order valence-corrected chi connectivity index (χ3v) is 7.69. The summed E-state index contributed by atoms with van der Waals surface area (Å²) in [5, 5.41) is 7.07. The lowest BCUT2D eigenvalue weighted by molar-refractivity contribution is -0.113. The number of nitrogen functional groups attached to an aromatic ring is 1. The summed E-state index contributed by atoms with van der Waals surface area (Å²) in [6.45, 7) is 1.84. The van der Waals surface area contributed by atoms with Gasteiger partial charge in [-0.2, -0.15) is 0 Å². The highest BCUT2D eigenvalue weighted by Gasteiger charge is 2.38. The summed E-state index contributed by atoms with van der Waals surface area (Å²) >= 11 is 1.29. The molecule has 0 unspecified atom stereocenters. The van der Waals surface area contributed by atoms with Gasteiger partial charge in [-0.05, 0) is 25.1 Å². The number of ketones is 1. The molecule has 1 aliphatic rings. The van der Waals surface area contributed by atoms with Crippen molar-refractivity contribution < 1.29 is 19.1 Å². The molecule has 7 nitrogen and oxygen atoms in total. The Kier molecular flexibility index (Phi) is 6.89. The van der Waals surface area contributed by atoms with Crippen LogP contribution in [0.4, 0.5) is 16.4 Å². The minimum atomic E-state index is -0.578. The lowest BCUT2D eigenvalue weighted by Crippen LogP contribution is -2.27. The van der Waals surface area contributed by atoms with Crippen LogP contribution in [0, 0.1) is 0 Å². The molecule has 192 valence electrons. The Morgan fingerprint density at radius 3 is 2.24 bits per heavy atom. The zero-order valence-electron chi connectivity index (χ0n) is 21.2. The number of carbonyl (C=O) groups excluding carboxylic acids is 2. The number of ether oxygens (including phenoxy) is 2. The number of thiophene rings is 1. The van der Waals surface area contributed by atoms with Crippen molar-refractivity contribution in [2.75, 3.05) is 30.6 Å². The molecule has 1 amide bonds. The van der Waals surface area contributed by atoms with Gasteiger partial charge in [-0.1, -0.05) is 60.7 Å². The van der Waals surface area contributed by atoms with Gasteiger partial charge in [-0.25, -0.2) is 0 Å². The summed E-state index contributed by atoms with van der Waals surface area (Å²) in [6, 6.07) is 23.8. The van der Waals surface area contributed by atoms with Gasteiger partial charge in [0.15, 0.2) is 0 Å². The highest BCUT2D eigenvalue weighted by atomic mass is 32.1. The Hall–Kier alpha value is -4.56. The maximum absolute atomic E-state index is 13.9. The summed E-state index contributed by atoms with van der Waals surface area (Å²) in [5.41, 5.74) is 10.7. The molecule has 38 heavy (non-hydrogen) atoms. The summed E-state index contributed by atoms with van der Waals surface area (Å²) in [7, 11) is 3.15. The molecule has 5 rings (SSSR count). The second kappa shape index (κ2) is 10.4. The fraction of sp³-hybridized carbons (Fsp3) is 0.133. The molecular formula is C30H27N3O4S. The fourth-order valence-electron chi connectivity index (χ4n) is 4.78. The third-order valence-electron chi connectivity index (χ3n) is 6.56. The summed E-state index contributed by atoms with van der Waals surface area (Å²) in [5.74, 6) is 0.0968. The van der Waals surface area contributed by atoms with Crippen LogP contribution >= 0.6 is 11.3 Å². The Morgan fingerprint density at radius 1 is 0.895 bits per heavy atom. The molecule has 0 bridgehead atoms. The number of rotatable bonds is 7. The Morgan fingerprint density at radius 2 is 1.53 bits per heavy atom. The summed E-state index contributed by atoms with van der Waals surface area (Å²) < 4.78 is 11.1. The molecular weight excluding hydrogens is 498 g/mol. The first-order chi connectivity index (χ1) is 18.4. The van der Waals surface area contributed by atoms with Gasteiger partial charge in [0.1, 0.15) is 16.4 Å². The molecule has 3 aromatic carbocycles. The van der Waals surface area contributed by atoms with Crippen LogP contribution in [0.5, 0.6) is 11.5 Å². The highest BCUT2D eigenvalue weighted by molar-refractivity contribution is 7.19. The first-order valence-electron chi connectivity index (χ1n) is 12.0. The number of para-hydroxylation sites is 3. The van der Waals surface area contributed by atoms with Crippen LogP contribution in [0.1, 0.15) is 39.2 Å². The van der Waals surface area contributed by atoms with Gasteiger partial charge in [-0.15, -0.1) is 11.3 Å². The number of amides is 1. The number of hydrogen-bond donors (Lipinski definition) is 3. The van der Waals surface area contributed by atoms with Crippen LogP contribution in [0.2, 0.25) is 0 Å². The number of carbonyl (C=O) groups is 2. The average Bonchev–Trinajstić information content (AvgIpc) is 3.27. The molecule has 2 heterocycles. The smallest absolute Gasteiger partial charge is 0.254 e. The first-order valence-corrected chi connectivity index (χ1v) is 12.8. The van der Waals surface area contributed by atoms with E-state index in [2.05, 4.69) is 10.6 Å². The third kappa shape index (κ3) is 4.39. The maximum Gasteiger partial charge on any atom is 0.254 e. The van der Waals surface area contributed by atoms with Gasteiger partial charge >= 0.3 is 0 Å². The minimum Gasteiger partial charge on any atom is -0.496 e. The van der Waals surface area contributed by atoms with E-state index in [1.54, 1.807) is 38.5 Å². The minimum absolute atomic E-state index is 0.166. The van der Waals surface area contributed by atoms with E-state index < -0.39 is 5.92 Å². The SMILES string of the molecule is COc1ccccc1NC(=O)C1=C(C)Nc2sc(C(=O)c3ccccc3)c(N)c2[C@H]1c1ccccc1OC. The number of nitrogens with two attached hydrogens (primary N) is 1. The van der Waals surface area contributed by atoms with E-state index in [1.165, 1.54) is 11.3 Å². The van der Waals surface area contributed by atoms with Crippen LogP contribution in [0.25, 0.3) is 0 Å². The Labute approximate surface area is 224 Å². The molecule has 0 saturated heterocycles. The van der Waals surface area contributed by atoms with Crippen molar-refractivity contribution in [2.24, 2.45) is 0 Å². The number of anilines is 3. The van der Waals surface area contributed by atoms with Crippen LogP contribution in [-0.4, -0.2) is 25.9 Å². The standard InChI is InChI=1S/C30H27N3O4S/c1-17-23(29(35)33-20-14-8-10-16-22(20)37-3)24(19-13-7-9-15-21(19)36-2)25-26(31)28(38-30(25)32-17)27(34)18-11-5-4-6-12-18/h4-16,24,32H,31H2,1-3H3,(H,33,35)/t24-/m0/s1. The number of fused-ring (bicyclic) bond motifs is 1. The van der Waals surface area contributed by atoms with Crippen molar-refractivity contribution in [1.29, 1.82) is 0 Å². The highest BCUT2D eigenvalue weighted by Crippen LogP contribution is 2.52. The first kappa shape index (κ1) is 25.1. The van der Waals surface area contributed by atoms with Gasteiger partial charge in [0, 0.05) is 33.9 Å². The van der Waals surface area contributed by atoms with Crippen molar-refractivity contribution in [3.63, 3.8) is 0 Å². The molecule has 0 fully saturated rings. The predicted molar refractivity (Wildman–Crippen MR) is 151 cm³/mol. The predicted octanol–water partition coefficient (Wildman–Crippen LogP) is 6.05. The van der Waals surface area contributed by atoms with Crippen LogP contribution in [0.15, 0.2) is 90.1 Å². The summed E-state index contributed by atoms with van der Waals surface area (Å²) in [6.07, 6.45) is 0. The van der Waals surface area contributed by atoms with E-state index >= 15 is 0 Å². The zero-order chi connectivity index (χ0) is 26.8. The lowest BCUT2D eigenvalue weighted by atomic mass is 9.80. The molecule has 1 aromatic heterocycles. The quantitative estimate of drug-likeness (QED) is 0.254. The summed E-state index contributed by atoms with van der Waals surface area (Å²) in [4.78, 5) is 27.8. The van der Waals surface area contributed by atoms with Gasteiger partial charge in [0.05, 0.1) is 30.6 Å². The van der Waals surface area contributed by atoms with Crippen molar-refractivity contribution in [2.45, 2.75) is 12.8 Å². The average molecular weight is 526 g/mol. The molecule has 0 spiro atoms. The molecule has 0 saturated carbocycles. The van der Waals surface area contributed by atoms with Crippen molar-refractivity contribution in [1.82, 2.24) is 0 Å². The molecule has 4 N–H and O–H groups in total. The molecule has 1 aliphatic heterocycles. The molecule has 1 atom stereocenters. The number of nitrogens with one attached hydrogen (secondary N) is 2. The second-order valence-electron chi connectivity index (χ2n) is 8.78. The molecule has 8 heteroatoms. The van der Waals surface area contributed by atoms with E-state index in [9.17, 15) is 9.59 Å². The Balaban J connectivity index is 1.66. The van der Waals surface area contributed by atoms with E-state index in [-0.39, 0.29) is 11.7 Å². The molecule has 4 aromatic rings. The normalized spacial score (nSPS) is 14.3. The van der Waals surface area contributed by atoms with Crippen LogP contribution in [0.3, 0.4) is 0 Å². The fourth-order valence-corrected chi connectivity index (χ4v) is 5.96.